The molecule has 0 amide bonds. The molecule has 7 heteroatoms. The quantitative estimate of drug-likeness (QED) is 0.427. The molecule has 1 unspecified atom stereocenters. The molecule has 2 heterocycles. The fourth-order valence-corrected chi connectivity index (χ4v) is 4.06. The summed E-state index contributed by atoms with van der Waals surface area (Å²) in [6.45, 7) is 17.4. The van der Waals surface area contributed by atoms with Crippen LogP contribution >= 0.6 is 0 Å². The molecule has 2 rings (SSSR count). The van der Waals surface area contributed by atoms with E-state index >= 15 is 0 Å². The second-order valence-corrected chi connectivity index (χ2v) is 8.34. The Morgan fingerprint density at radius 1 is 1.14 bits per heavy atom. The fourth-order valence-electron chi connectivity index (χ4n) is 4.06. The van der Waals surface area contributed by atoms with Crippen LogP contribution < -0.4 is 10.6 Å². The van der Waals surface area contributed by atoms with Crippen molar-refractivity contribution in [1.29, 1.82) is 0 Å². The van der Waals surface area contributed by atoms with Gasteiger partial charge < -0.3 is 25.0 Å². The highest BCUT2D eigenvalue weighted by Crippen LogP contribution is 2.16. The Labute approximate surface area is 172 Å². The van der Waals surface area contributed by atoms with Crippen molar-refractivity contribution in [3.63, 3.8) is 0 Å². The number of hydrogen-bond donors (Lipinski definition) is 2. The second-order valence-electron chi connectivity index (χ2n) is 8.34. The molecular formula is C21H43N5O2. The van der Waals surface area contributed by atoms with Gasteiger partial charge in [0, 0.05) is 45.9 Å². The van der Waals surface area contributed by atoms with E-state index in [2.05, 4.69) is 41.2 Å². The summed E-state index contributed by atoms with van der Waals surface area (Å²) < 4.78 is 10.7. The summed E-state index contributed by atoms with van der Waals surface area (Å²) in [5.41, 5.74) is 0. The zero-order chi connectivity index (χ0) is 20.2. The summed E-state index contributed by atoms with van der Waals surface area (Å²) in [6.07, 6.45) is 2.50. The van der Waals surface area contributed by atoms with Gasteiger partial charge in [0.05, 0.1) is 26.4 Å². The third kappa shape index (κ3) is 8.23. The molecule has 7 nitrogen and oxygen atoms in total. The molecule has 2 N–H and O–H groups in total. The molecule has 164 valence electrons. The van der Waals surface area contributed by atoms with Crippen LogP contribution in [-0.4, -0.2) is 101 Å². The molecule has 0 aromatic carbocycles. The molecule has 2 aliphatic rings. The van der Waals surface area contributed by atoms with Gasteiger partial charge >= 0.3 is 0 Å². The number of aliphatic imine (C=N–C) groups is 1. The minimum Gasteiger partial charge on any atom is -0.383 e. The minimum absolute atomic E-state index is 0.475. The summed E-state index contributed by atoms with van der Waals surface area (Å²) in [4.78, 5) is 9.98. The Bertz CT molecular complexity index is 433. The van der Waals surface area contributed by atoms with Gasteiger partial charge in [0.2, 0.25) is 0 Å². The van der Waals surface area contributed by atoms with Gasteiger partial charge in [-0.3, -0.25) is 9.89 Å². The average Bonchev–Trinajstić information content (AvgIpc) is 2.72. The lowest BCUT2D eigenvalue weighted by Crippen LogP contribution is -2.48. The predicted molar refractivity (Wildman–Crippen MR) is 116 cm³/mol. The second kappa shape index (κ2) is 13.4. The smallest absolute Gasteiger partial charge is 0.191 e. The van der Waals surface area contributed by atoms with Crippen molar-refractivity contribution in [3.8, 4) is 0 Å². The predicted octanol–water partition coefficient (Wildman–Crippen LogP) is 1.26. The van der Waals surface area contributed by atoms with Crippen molar-refractivity contribution in [3.05, 3.63) is 0 Å². The van der Waals surface area contributed by atoms with Crippen LogP contribution in [0.1, 0.15) is 33.6 Å². The van der Waals surface area contributed by atoms with Crippen LogP contribution in [0.25, 0.3) is 0 Å². The Balaban J connectivity index is 1.79. The van der Waals surface area contributed by atoms with Crippen molar-refractivity contribution >= 4 is 5.96 Å². The first kappa shape index (κ1) is 23.4. The number of nitrogens with zero attached hydrogens (tertiary/aromatic N) is 3. The number of guanidine groups is 1. The number of likely N-dealkylation sites (tertiary alicyclic amines) is 1. The Kier molecular flexibility index (Phi) is 11.2. The van der Waals surface area contributed by atoms with Crippen molar-refractivity contribution < 1.29 is 9.47 Å². The first-order chi connectivity index (χ1) is 13.6. The molecular weight excluding hydrogens is 354 g/mol. The van der Waals surface area contributed by atoms with Crippen molar-refractivity contribution in [2.45, 2.75) is 39.7 Å². The lowest BCUT2D eigenvalue weighted by molar-refractivity contribution is 0.00867. The molecule has 2 saturated heterocycles. The topological polar surface area (TPSA) is 61.4 Å². The van der Waals surface area contributed by atoms with Crippen LogP contribution in [0.3, 0.4) is 0 Å². The van der Waals surface area contributed by atoms with Gasteiger partial charge in [-0.25, -0.2) is 0 Å². The standard InChI is InChI=1S/C21H43N5O2/c1-5-22-21(23-16-19-6-8-25(9-7-19)10-13-27-4)24-17-20(18(2)3)26-11-14-28-15-12-26/h18-20H,5-17H2,1-4H3,(H2,22,23,24). The van der Waals surface area contributed by atoms with Gasteiger partial charge in [0.15, 0.2) is 5.96 Å². The van der Waals surface area contributed by atoms with Crippen molar-refractivity contribution in [2.75, 3.05) is 79.3 Å². The van der Waals surface area contributed by atoms with Gasteiger partial charge in [-0.05, 0) is 44.7 Å². The van der Waals surface area contributed by atoms with Crippen molar-refractivity contribution in [1.82, 2.24) is 20.4 Å². The molecule has 2 aliphatic heterocycles. The molecule has 0 spiro atoms. The van der Waals surface area contributed by atoms with E-state index < -0.39 is 0 Å². The van der Waals surface area contributed by atoms with Crippen LogP contribution in [0.15, 0.2) is 4.99 Å². The van der Waals surface area contributed by atoms with E-state index in [-0.39, 0.29) is 0 Å². The van der Waals surface area contributed by atoms with Gasteiger partial charge in [-0.2, -0.15) is 0 Å². The Hall–Kier alpha value is -0.890. The summed E-state index contributed by atoms with van der Waals surface area (Å²) in [7, 11) is 1.78. The van der Waals surface area contributed by atoms with Crippen LogP contribution in [0, 0.1) is 11.8 Å². The number of piperidine rings is 1. The molecule has 28 heavy (non-hydrogen) atoms. The molecule has 1 atom stereocenters. The highest BCUT2D eigenvalue weighted by atomic mass is 16.5. The molecule has 0 radical (unpaired) electrons. The molecule has 0 saturated carbocycles. The number of rotatable bonds is 10. The maximum atomic E-state index is 5.52. The molecule has 0 aromatic heterocycles. The summed E-state index contributed by atoms with van der Waals surface area (Å²) >= 11 is 0. The fraction of sp³-hybridized carbons (Fsp3) is 0.952. The summed E-state index contributed by atoms with van der Waals surface area (Å²) in [5, 5.41) is 7.02. The number of ether oxygens (including phenoxy) is 2. The molecule has 2 fully saturated rings. The third-order valence-electron chi connectivity index (χ3n) is 5.94. The highest BCUT2D eigenvalue weighted by molar-refractivity contribution is 5.79. The summed E-state index contributed by atoms with van der Waals surface area (Å²) in [5.74, 6) is 2.27. The van der Waals surface area contributed by atoms with Crippen LogP contribution in [0.5, 0.6) is 0 Å². The number of nitrogens with one attached hydrogen (secondary N) is 2. The SMILES string of the molecule is CCNC(=NCC(C(C)C)N1CCOCC1)NCC1CCN(CCOC)CC1. The van der Waals surface area contributed by atoms with Crippen LogP contribution in [-0.2, 0) is 9.47 Å². The molecule has 0 bridgehead atoms. The van der Waals surface area contributed by atoms with E-state index in [1.807, 2.05) is 0 Å². The number of hydrogen-bond acceptors (Lipinski definition) is 5. The maximum absolute atomic E-state index is 5.52. The Morgan fingerprint density at radius 2 is 1.86 bits per heavy atom. The highest BCUT2D eigenvalue weighted by Gasteiger charge is 2.24. The first-order valence-corrected chi connectivity index (χ1v) is 11.2. The van der Waals surface area contributed by atoms with Gasteiger partial charge in [-0.1, -0.05) is 13.8 Å². The monoisotopic (exact) mass is 397 g/mol. The molecule has 0 aromatic rings. The third-order valence-corrected chi connectivity index (χ3v) is 5.94. The minimum atomic E-state index is 0.475. The van der Waals surface area contributed by atoms with Gasteiger partial charge in [0.25, 0.3) is 0 Å². The van der Waals surface area contributed by atoms with E-state index in [4.69, 9.17) is 14.5 Å². The van der Waals surface area contributed by atoms with Gasteiger partial charge in [-0.15, -0.1) is 0 Å². The van der Waals surface area contributed by atoms with Crippen LogP contribution in [0.2, 0.25) is 0 Å². The Morgan fingerprint density at radius 3 is 2.46 bits per heavy atom. The zero-order valence-electron chi connectivity index (χ0n) is 18.6. The molecule has 0 aliphatic carbocycles. The normalized spacial score (nSPS) is 21.8. The van der Waals surface area contributed by atoms with Crippen LogP contribution in [0.4, 0.5) is 0 Å². The number of morpholine rings is 1. The largest absolute Gasteiger partial charge is 0.383 e. The summed E-state index contributed by atoms with van der Waals surface area (Å²) in [6, 6.07) is 0.475. The number of methoxy groups -OCH3 is 1. The van der Waals surface area contributed by atoms with E-state index in [1.54, 1.807) is 7.11 Å². The van der Waals surface area contributed by atoms with Gasteiger partial charge in [0.1, 0.15) is 0 Å². The lowest BCUT2D eigenvalue weighted by atomic mass is 9.97. The van der Waals surface area contributed by atoms with E-state index in [0.717, 1.165) is 71.0 Å². The maximum Gasteiger partial charge on any atom is 0.191 e. The van der Waals surface area contributed by atoms with E-state index in [1.165, 1.54) is 25.9 Å². The first-order valence-electron chi connectivity index (χ1n) is 11.2. The van der Waals surface area contributed by atoms with E-state index in [0.29, 0.717) is 12.0 Å². The lowest BCUT2D eigenvalue weighted by Gasteiger charge is -2.36. The van der Waals surface area contributed by atoms with E-state index in [9.17, 15) is 0 Å². The van der Waals surface area contributed by atoms with Crippen molar-refractivity contribution in [2.24, 2.45) is 16.8 Å². The average molecular weight is 398 g/mol. The zero-order valence-corrected chi connectivity index (χ0v) is 18.6.